The number of nitrogens with zero attached hydrogens (tertiary/aromatic N) is 1. The minimum absolute atomic E-state index is 0.0465. The number of hydrogen-bond acceptors (Lipinski definition) is 1. The molecule has 59 heavy (non-hydrogen) atoms. The summed E-state index contributed by atoms with van der Waals surface area (Å²) in [5.74, 6) is 0. The Kier molecular flexibility index (Phi) is 6.54. The molecule has 0 N–H and O–H groups in total. The van der Waals surface area contributed by atoms with E-state index in [1.54, 1.807) is 0 Å². The van der Waals surface area contributed by atoms with Crippen molar-refractivity contribution in [2.75, 3.05) is 0 Å². The van der Waals surface area contributed by atoms with Crippen LogP contribution in [0.1, 0.15) is 25.0 Å². The lowest BCUT2D eigenvalue weighted by Gasteiger charge is -2.22. The fourth-order valence-electron chi connectivity index (χ4n) is 10.5. The fourth-order valence-corrected chi connectivity index (χ4v) is 10.5. The van der Waals surface area contributed by atoms with E-state index in [-0.39, 0.29) is 5.41 Å². The zero-order valence-corrected chi connectivity index (χ0v) is 32.8. The molecule has 12 aromatic rings. The molecule has 276 valence electrons. The Balaban J connectivity index is 0.975. The highest BCUT2D eigenvalue weighted by atomic mass is 16.3. The predicted molar refractivity (Wildman–Crippen MR) is 249 cm³/mol. The van der Waals surface area contributed by atoms with Gasteiger partial charge in [0.1, 0.15) is 11.2 Å². The molecular formula is C57H37NO. The summed E-state index contributed by atoms with van der Waals surface area (Å²) in [6.07, 6.45) is 0. The normalized spacial score (nSPS) is 13.4. The highest BCUT2D eigenvalue weighted by Gasteiger charge is 2.35. The molecule has 0 radical (unpaired) electrons. The van der Waals surface area contributed by atoms with Crippen molar-refractivity contribution in [2.24, 2.45) is 0 Å². The fraction of sp³-hybridized carbons (Fsp3) is 0.0526. The molecule has 0 unspecified atom stereocenters. The van der Waals surface area contributed by atoms with E-state index in [9.17, 15) is 0 Å². The van der Waals surface area contributed by atoms with E-state index < -0.39 is 0 Å². The highest BCUT2D eigenvalue weighted by Crippen LogP contribution is 2.50. The summed E-state index contributed by atoms with van der Waals surface area (Å²) >= 11 is 0. The van der Waals surface area contributed by atoms with E-state index in [4.69, 9.17) is 4.42 Å². The molecular weight excluding hydrogens is 715 g/mol. The molecule has 0 amide bonds. The molecule has 2 aromatic heterocycles. The van der Waals surface area contributed by atoms with Crippen LogP contribution in [0.5, 0.6) is 0 Å². The van der Waals surface area contributed by atoms with Gasteiger partial charge >= 0.3 is 0 Å². The van der Waals surface area contributed by atoms with Gasteiger partial charge in [-0.3, -0.25) is 0 Å². The smallest absolute Gasteiger partial charge is 0.135 e. The van der Waals surface area contributed by atoms with E-state index in [1.807, 2.05) is 0 Å². The molecule has 0 aliphatic heterocycles. The molecule has 1 aliphatic rings. The lowest BCUT2D eigenvalue weighted by atomic mass is 9.81. The van der Waals surface area contributed by atoms with Crippen LogP contribution in [-0.4, -0.2) is 4.57 Å². The van der Waals surface area contributed by atoms with Gasteiger partial charge in [0.15, 0.2) is 0 Å². The Morgan fingerprint density at radius 1 is 0.339 bits per heavy atom. The van der Waals surface area contributed by atoms with Gasteiger partial charge in [-0.25, -0.2) is 0 Å². The highest BCUT2D eigenvalue weighted by molar-refractivity contribution is 6.29. The van der Waals surface area contributed by atoms with Gasteiger partial charge in [0.2, 0.25) is 0 Å². The monoisotopic (exact) mass is 751 g/mol. The van der Waals surface area contributed by atoms with Crippen LogP contribution in [-0.2, 0) is 5.41 Å². The first-order valence-corrected chi connectivity index (χ1v) is 20.6. The molecule has 13 rings (SSSR count). The number of fused-ring (bicyclic) bond motifs is 15. The molecule has 0 bridgehead atoms. The van der Waals surface area contributed by atoms with Crippen LogP contribution in [0, 0.1) is 0 Å². The molecule has 1 aliphatic carbocycles. The van der Waals surface area contributed by atoms with Crippen molar-refractivity contribution in [3.05, 3.63) is 199 Å². The van der Waals surface area contributed by atoms with E-state index in [2.05, 4.69) is 206 Å². The summed E-state index contributed by atoms with van der Waals surface area (Å²) in [4.78, 5) is 0. The molecule has 0 spiro atoms. The van der Waals surface area contributed by atoms with Crippen molar-refractivity contribution in [1.29, 1.82) is 0 Å². The number of benzene rings is 10. The molecule has 2 heterocycles. The molecule has 2 nitrogen and oxygen atoms in total. The summed E-state index contributed by atoms with van der Waals surface area (Å²) < 4.78 is 8.87. The second-order valence-electron chi connectivity index (χ2n) is 16.9. The largest absolute Gasteiger partial charge is 0.456 e. The first-order chi connectivity index (χ1) is 29.0. The molecule has 0 saturated carbocycles. The maximum atomic E-state index is 6.46. The molecule has 0 atom stereocenters. The lowest BCUT2D eigenvalue weighted by Crippen LogP contribution is -2.14. The third-order valence-electron chi connectivity index (χ3n) is 13.4. The summed E-state index contributed by atoms with van der Waals surface area (Å²) in [6, 6.07) is 69.5. The van der Waals surface area contributed by atoms with Gasteiger partial charge in [0.25, 0.3) is 0 Å². The number of aromatic nitrogens is 1. The predicted octanol–water partition coefficient (Wildman–Crippen LogP) is 15.8. The minimum Gasteiger partial charge on any atom is -0.456 e. The van der Waals surface area contributed by atoms with Gasteiger partial charge in [0.05, 0.1) is 11.0 Å². The zero-order valence-electron chi connectivity index (χ0n) is 32.8. The third kappa shape index (κ3) is 4.57. The van der Waals surface area contributed by atoms with Gasteiger partial charge in [-0.1, -0.05) is 135 Å². The van der Waals surface area contributed by atoms with Crippen LogP contribution in [0.15, 0.2) is 192 Å². The maximum absolute atomic E-state index is 6.46. The quantitative estimate of drug-likeness (QED) is 0.164. The zero-order chi connectivity index (χ0) is 39.0. The first-order valence-electron chi connectivity index (χ1n) is 20.6. The van der Waals surface area contributed by atoms with Crippen LogP contribution >= 0.6 is 0 Å². The van der Waals surface area contributed by atoms with E-state index in [1.165, 1.54) is 104 Å². The summed E-state index contributed by atoms with van der Waals surface area (Å²) in [5.41, 5.74) is 15.6. The van der Waals surface area contributed by atoms with Crippen LogP contribution in [0.3, 0.4) is 0 Å². The molecule has 2 heteroatoms. The van der Waals surface area contributed by atoms with Gasteiger partial charge in [-0.05, 0) is 144 Å². The Labute approximate surface area is 341 Å². The van der Waals surface area contributed by atoms with Crippen molar-refractivity contribution in [2.45, 2.75) is 19.3 Å². The van der Waals surface area contributed by atoms with Gasteiger partial charge < -0.3 is 8.98 Å². The topological polar surface area (TPSA) is 18.1 Å². The Morgan fingerprint density at radius 2 is 0.864 bits per heavy atom. The summed E-state index contributed by atoms with van der Waals surface area (Å²) in [7, 11) is 0. The van der Waals surface area contributed by atoms with E-state index in [0.29, 0.717) is 0 Å². The molecule has 0 fully saturated rings. The summed E-state index contributed by atoms with van der Waals surface area (Å²) in [6.45, 7) is 4.69. The number of hydrogen-bond donors (Lipinski definition) is 0. The average Bonchev–Trinajstić information content (AvgIpc) is 3.90. The van der Waals surface area contributed by atoms with Crippen molar-refractivity contribution in [3.63, 3.8) is 0 Å². The number of para-hydroxylation sites is 2. The van der Waals surface area contributed by atoms with Crippen LogP contribution < -0.4 is 0 Å². The lowest BCUT2D eigenvalue weighted by molar-refractivity contribution is 0.660. The Morgan fingerprint density at radius 3 is 1.61 bits per heavy atom. The van der Waals surface area contributed by atoms with Crippen molar-refractivity contribution in [3.8, 4) is 39.1 Å². The second-order valence-corrected chi connectivity index (χ2v) is 16.9. The Bertz CT molecular complexity index is 3750. The average molecular weight is 752 g/mol. The van der Waals surface area contributed by atoms with E-state index in [0.717, 1.165) is 21.9 Å². The molecule has 10 aromatic carbocycles. The Hall–Kier alpha value is -7.42. The number of furan rings is 1. The second kappa shape index (κ2) is 11.8. The first kappa shape index (κ1) is 32.6. The van der Waals surface area contributed by atoms with Gasteiger partial charge in [0, 0.05) is 32.6 Å². The van der Waals surface area contributed by atoms with Gasteiger partial charge in [-0.15, -0.1) is 0 Å². The SMILES string of the molecule is CC1(C)c2ccccc2-c2ccc(-c3ccc4oc5ccc(-c6ccc7c(c6)c6ccccc6c6cc8c9ccccc9n(-c9ccccc9)c8cc76)cc5c4c3)cc21. The van der Waals surface area contributed by atoms with Crippen LogP contribution in [0.2, 0.25) is 0 Å². The standard InChI is InChI=1S/C57H37NO/c1-57(2)51-18-10-8-16-42(51)43-25-21-37(31-52(43)57)36-23-27-56-50(30-36)49-29-35(22-26-55(49)59-56)34-20-24-41-45(28-34)39-14-6-7-15-40(39)46-32-48-44-17-9-11-19-53(44)58(54(48)33-47(41)46)38-12-4-3-5-13-38/h3-33H,1-2H3. The third-order valence-corrected chi connectivity index (χ3v) is 13.4. The molecule has 0 saturated heterocycles. The van der Waals surface area contributed by atoms with Crippen LogP contribution in [0.25, 0.3) is 115 Å². The van der Waals surface area contributed by atoms with Crippen molar-refractivity contribution < 1.29 is 4.42 Å². The van der Waals surface area contributed by atoms with Crippen LogP contribution in [0.4, 0.5) is 0 Å². The van der Waals surface area contributed by atoms with Crippen molar-refractivity contribution >= 4 is 76.1 Å². The van der Waals surface area contributed by atoms with Crippen molar-refractivity contribution in [1.82, 2.24) is 4.57 Å². The summed E-state index contributed by atoms with van der Waals surface area (Å²) in [5, 5.41) is 12.4. The number of rotatable bonds is 3. The maximum Gasteiger partial charge on any atom is 0.135 e. The minimum atomic E-state index is -0.0465. The van der Waals surface area contributed by atoms with Gasteiger partial charge in [-0.2, -0.15) is 0 Å². The van der Waals surface area contributed by atoms with E-state index >= 15 is 0 Å².